The Bertz CT molecular complexity index is 383. The Morgan fingerprint density at radius 1 is 1.47 bits per heavy atom. The summed E-state index contributed by atoms with van der Waals surface area (Å²) in [5, 5.41) is 6.81. The lowest BCUT2D eigenvalue weighted by atomic mass is 10.0. The van der Waals surface area contributed by atoms with E-state index in [2.05, 4.69) is 27.5 Å². The molecule has 17 heavy (non-hydrogen) atoms. The molecule has 2 rings (SSSR count). The van der Waals surface area contributed by atoms with Crippen LogP contribution in [0.15, 0.2) is 6.07 Å². The van der Waals surface area contributed by atoms with Crippen molar-refractivity contribution in [3.05, 3.63) is 11.8 Å². The number of piperidine rings is 1. The maximum absolute atomic E-state index is 5.14. The quantitative estimate of drug-likeness (QED) is 0.829. The Kier molecular flexibility index (Phi) is 3.78. The van der Waals surface area contributed by atoms with Gasteiger partial charge in [0.15, 0.2) is 0 Å². The molecule has 5 nitrogen and oxygen atoms in total. The summed E-state index contributed by atoms with van der Waals surface area (Å²) in [4.78, 5) is 8.68. The van der Waals surface area contributed by atoms with Gasteiger partial charge in [0.1, 0.15) is 0 Å². The van der Waals surface area contributed by atoms with Crippen LogP contribution >= 0.6 is 0 Å². The van der Waals surface area contributed by atoms with Crippen LogP contribution in [0.2, 0.25) is 0 Å². The largest absolute Gasteiger partial charge is 0.481 e. The van der Waals surface area contributed by atoms with Gasteiger partial charge in [0, 0.05) is 23.8 Å². The zero-order chi connectivity index (χ0) is 12.3. The maximum atomic E-state index is 5.14. The van der Waals surface area contributed by atoms with E-state index < -0.39 is 0 Å². The summed E-state index contributed by atoms with van der Waals surface area (Å²) in [6, 6.07) is 2.82. The lowest BCUT2D eigenvalue weighted by molar-refractivity contribution is 0.389. The van der Waals surface area contributed by atoms with Crippen LogP contribution in [-0.4, -0.2) is 35.7 Å². The van der Waals surface area contributed by atoms with Crippen molar-refractivity contribution in [2.75, 3.05) is 19.0 Å². The van der Waals surface area contributed by atoms with Crippen molar-refractivity contribution in [1.29, 1.82) is 0 Å². The van der Waals surface area contributed by atoms with E-state index in [-0.39, 0.29) is 0 Å². The molecular formula is C12H20N4O. The Labute approximate surface area is 102 Å². The van der Waals surface area contributed by atoms with E-state index in [1.54, 1.807) is 7.11 Å². The van der Waals surface area contributed by atoms with E-state index in [1.807, 2.05) is 13.0 Å². The average molecular weight is 236 g/mol. The molecular weight excluding hydrogens is 216 g/mol. The van der Waals surface area contributed by atoms with Crippen LogP contribution < -0.4 is 15.4 Å². The summed E-state index contributed by atoms with van der Waals surface area (Å²) >= 11 is 0. The maximum Gasteiger partial charge on any atom is 0.226 e. The number of aryl methyl sites for hydroxylation is 1. The van der Waals surface area contributed by atoms with Crippen LogP contribution in [0.5, 0.6) is 5.88 Å². The molecule has 2 heterocycles. The van der Waals surface area contributed by atoms with E-state index >= 15 is 0 Å². The van der Waals surface area contributed by atoms with E-state index in [9.17, 15) is 0 Å². The molecule has 0 saturated carbocycles. The second-order valence-electron chi connectivity index (χ2n) is 4.60. The van der Waals surface area contributed by atoms with Gasteiger partial charge in [-0.1, -0.05) is 0 Å². The SMILES string of the molecule is COc1cc(C)nc(NC2CCNC(C)C2)n1. The highest BCUT2D eigenvalue weighted by molar-refractivity contribution is 5.31. The Hall–Kier alpha value is -1.36. The molecule has 5 heteroatoms. The second kappa shape index (κ2) is 5.31. The van der Waals surface area contributed by atoms with Gasteiger partial charge in [-0.2, -0.15) is 4.98 Å². The number of aromatic nitrogens is 2. The number of nitrogens with zero attached hydrogens (tertiary/aromatic N) is 2. The number of anilines is 1. The third kappa shape index (κ3) is 3.30. The number of methoxy groups -OCH3 is 1. The third-order valence-electron chi connectivity index (χ3n) is 3.00. The van der Waals surface area contributed by atoms with Crippen molar-refractivity contribution in [2.45, 2.75) is 38.8 Å². The van der Waals surface area contributed by atoms with Crippen molar-refractivity contribution < 1.29 is 4.74 Å². The van der Waals surface area contributed by atoms with E-state index in [0.29, 0.717) is 23.9 Å². The fourth-order valence-corrected chi connectivity index (χ4v) is 2.15. The van der Waals surface area contributed by atoms with Crippen molar-refractivity contribution in [3.8, 4) is 5.88 Å². The Morgan fingerprint density at radius 2 is 2.29 bits per heavy atom. The molecule has 1 fully saturated rings. The van der Waals surface area contributed by atoms with Gasteiger partial charge in [-0.15, -0.1) is 0 Å². The first-order valence-corrected chi connectivity index (χ1v) is 6.07. The van der Waals surface area contributed by atoms with Crippen LogP contribution in [0.1, 0.15) is 25.5 Å². The van der Waals surface area contributed by atoms with Gasteiger partial charge in [0.05, 0.1) is 7.11 Å². The van der Waals surface area contributed by atoms with Gasteiger partial charge in [0.25, 0.3) is 0 Å². The highest BCUT2D eigenvalue weighted by Gasteiger charge is 2.19. The van der Waals surface area contributed by atoms with Gasteiger partial charge in [0.2, 0.25) is 11.8 Å². The minimum absolute atomic E-state index is 0.442. The highest BCUT2D eigenvalue weighted by Crippen LogP contribution is 2.16. The molecule has 1 aromatic heterocycles. The molecule has 1 saturated heterocycles. The lowest BCUT2D eigenvalue weighted by Gasteiger charge is -2.28. The molecule has 0 amide bonds. The second-order valence-corrected chi connectivity index (χ2v) is 4.60. The van der Waals surface area contributed by atoms with Crippen LogP contribution in [0, 0.1) is 6.92 Å². The zero-order valence-corrected chi connectivity index (χ0v) is 10.7. The van der Waals surface area contributed by atoms with Crippen molar-refractivity contribution in [1.82, 2.24) is 15.3 Å². The Balaban J connectivity index is 2.04. The standard InChI is InChI=1S/C12H20N4O/c1-8-6-10(4-5-13-8)15-12-14-9(2)7-11(16-12)17-3/h7-8,10,13H,4-6H2,1-3H3,(H,14,15,16). The minimum Gasteiger partial charge on any atom is -0.481 e. The number of hydrogen-bond acceptors (Lipinski definition) is 5. The van der Waals surface area contributed by atoms with Crippen molar-refractivity contribution in [3.63, 3.8) is 0 Å². The highest BCUT2D eigenvalue weighted by atomic mass is 16.5. The van der Waals surface area contributed by atoms with Crippen LogP contribution in [0.3, 0.4) is 0 Å². The monoisotopic (exact) mass is 236 g/mol. The summed E-state index contributed by atoms with van der Waals surface area (Å²) in [5.74, 6) is 1.28. The first-order chi connectivity index (χ1) is 8.17. The fraction of sp³-hybridized carbons (Fsp3) is 0.667. The summed E-state index contributed by atoms with van der Waals surface area (Å²) in [7, 11) is 1.62. The minimum atomic E-state index is 0.442. The molecule has 2 N–H and O–H groups in total. The van der Waals surface area contributed by atoms with Crippen molar-refractivity contribution >= 4 is 5.95 Å². The number of rotatable bonds is 3. The average Bonchev–Trinajstić information content (AvgIpc) is 2.28. The normalized spacial score (nSPS) is 24.4. The summed E-state index contributed by atoms with van der Waals surface area (Å²) in [6.45, 7) is 5.19. The first kappa shape index (κ1) is 12.1. The Morgan fingerprint density at radius 3 is 3.00 bits per heavy atom. The van der Waals surface area contributed by atoms with Crippen LogP contribution in [0.4, 0.5) is 5.95 Å². The van der Waals surface area contributed by atoms with Gasteiger partial charge in [-0.3, -0.25) is 0 Å². The molecule has 1 aliphatic rings. The molecule has 94 valence electrons. The molecule has 1 aliphatic heterocycles. The van der Waals surface area contributed by atoms with Gasteiger partial charge in [-0.05, 0) is 33.2 Å². The van der Waals surface area contributed by atoms with Crippen LogP contribution in [-0.2, 0) is 0 Å². The number of hydrogen-bond donors (Lipinski definition) is 2. The fourth-order valence-electron chi connectivity index (χ4n) is 2.15. The molecule has 2 atom stereocenters. The molecule has 2 unspecified atom stereocenters. The zero-order valence-electron chi connectivity index (χ0n) is 10.7. The molecule has 0 bridgehead atoms. The molecule has 0 aliphatic carbocycles. The molecule has 0 spiro atoms. The van der Waals surface area contributed by atoms with Gasteiger partial charge < -0.3 is 15.4 Å². The first-order valence-electron chi connectivity index (χ1n) is 6.07. The topological polar surface area (TPSA) is 59.1 Å². The van der Waals surface area contributed by atoms with Gasteiger partial charge >= 0.3 is 0 Å². The summed E-state index contributed by atoms with van der Waals surface area (Å²) < 4.78 is 5.14. The summed E-state index contributed by atoms with van der Waals surface area (Å²) in [5.41, 5.74) is 0.918. The van der Waals surface area contributed by atoms with E-state index in [1.165, 1.54) is 0 Å². The molecule has 0 aromatic carbocycles. The smallest absolute Gasteiger partial charge is 0.226 e. The van der Waals surface area contributed by atoms with Crippen LogP contribution in [0.25, 0.3) is 0 Å². The van der Waals surface area contributed by atoms with E-state index in [0.717, 1.165) is 25.1 Å². The number of ether oxygens (including phenoxy) is 1. The third-order valence-corrected chi connectivity index (χ3v) is 3.00. The number of nitrogens with one attached hydrogen (secondary N) is 2. The van der Waals surface area contributed by atoms with Gasteiger partial charge in [-0.25, -0.2) is 4.98 Å². The molecule has 0 radical (unpaired) electrons. The molecule has 1 aromatic rings. The lowest BCUT2D eigenvalue weighted by Crippen LogP contribution is -2.41. The predicted molar refractivity (Wildman–Crippen MR) is 67.4 cm³/mol. The van der Waals surface area contributed by atoms with E-state index in [4.69, 9.17) is 4.74 Å². The van der Waals surface area contributed by atoms with Crippen molar-refractivity contribution in [2.24, 2.45) is 0 Å². The summed E-state index contributed by atoms with van der Waals surface area (Å²) in [6.07, 6.45) is 2.20. The predicted octanol–water partition coefficient (Wildman–Crippen LogP) is 1.35.